The highest BCUT2D eigenvalue weighted by molar-refractivity contribution is 7.80. The fourth-order valence-corrected chi connectivity index (χ4v) is 7.90. The van der Waals surface area contributed by atoms with E-state index < -0.39 is 7.92 Å². The molecule has 0 heterocycles. The molecule has 3 rings (SSSR count). The molecule has 0 aliphatic heterocycles. The zero-order valence-corrected chi connectivity index (χ0v) is 22.9. The van der Waals surface area contributed by atoms with Crippen molar-refractivity contribution in [3.8, 4) is 11.5 Å². The van der Waals surface area contributed by atoms with Crippen molar-refractivity contribution >= 4 is 23.8 Å². The Bertz CT molecular complexity index is 1080. The van der Waals surface area contributed by atoms with Crippen LogP contribution in [0.25, 0.3) is 0 Å². The van der Waals surface area contributed by atoms with Crippen LogP contribution < -0.4 is 15.9 Å². The van der Waals surface area contributed by atoms with E-state index in [1.54, 1.807) is 0 Å². The summed E-state index contributed by atoms with van der Waals surface area (Å²) < 4.78 is 0. The highest BCUT2D eigenvalue weighted by atomic mass is 31.1. The molecule has 2 N–H and O–H groups in total. The standard InChI is InChI=1S/C31H41O2P/c1-8-10-12-25-16-21(4)29(32)27(18-25)34(31-23(6)14-20(3)15-24(31)7)28-19-26(13-11-9-2)17-22(5)30(28)33/h14-19,32-33H,8-13H2,1-7H3. The van der Waals surface area contributed by atoms with Gasteiger partial charge in [0.05, 0.1) is 0 Å². The van der Waals surface area contributed by atoms with Crippen LogP contribution in [0.1, 0.15) is 78.5 Å². The zero-order chi connectivity index (χ0) is 25.0. The van der Waals surface area contributed by atoms with Crippen molar-refractivity contribution in [2.24, 2.45) is 0 Å². The molecule has 3 aromatic carbocycles. The molecular weight excluding hydrogens is 435 g/mol. The second-order valence-electron chi connectivity index (χ2n) is 9.85. The topological polar surface area (TPSA) is 40.5 Å². The van der Waals surface area contributed by atoms with E-state index in [2.05, 4.69) is 71.0 Å². The normalized spacial score (nSPS) is 11.4. The maximum Gasteiger partial charge on any atom is 0.126 e. The third-order valence-corrected chi connectivity index (χ3v) is 9.46. The molecule has 0 aliphatic rings. The van der Waals surface area contributed by atoms with Crippen molar-refractivity contribution in [1.29, 1.82) is 0 Å². The van der Waals surface area contributed by atoms with Gasteiger partial charge in [-0.05, 0) is 119 Å². The maximum absolute atomic E-state index is 11.4. The van der Waals surface area contributed by atoms with Gasteiger partial charge in [-0.15, -0.1) is 0 Å². The number of phenolic OH excluding ortho intramolecular Hbond substituents is 2. The lowest BCUT2D eigenvalue weighted by Gasteiger charge is -2.27. The van der Waals surface area contributed by atoms with Crippen molar-refractivity contribution in [3.63, 3.8) is 0 Å². The van der Waals surface area contributed by atoms with Crippen LogP contribution in [0.3, 0.4) is 0 Å². The summed E-state index contributed by atoms with van der Waals surface area (Å²) in [6, 6.07) is 13.1. The number of rotatable bonds is 9. The number of hydrogen-bond acceptors (Lipinski definition) is 2. The Labute approximate surface area is 207 Å². The number of hydrogen-bond donors (Lipinski definition) is 2. The van der Waals surface area contributed by atoms with Crippen LogP contribution in [0.5, 0.6) is 11.5 Å². The van der Waals surface area contributed by atoms with Crippen LogP contribution in [0.15, 0.2) is 36.4 Å². The van der Waals surface area contributed by atoms with Gasteiger partial charge in [-0.1, -0.05) is 56.5 Å². The minimum Gasteiger partial charge on any atom is -0.507 e. The molecule has 0 radical (unpaired) electrons. The Hall–Kier alpha value is -2.31. The van der Waals surface area contributed by atoms with Gasteiger partial charge in [0.1, 0.15) is 11.5 Å². The van der Waals surface area contributed by atoms with Crippen molar-refractivity contribution < 1.29 is 10.2 Å². The van der Waals surface area contributed by atoms with Gasteiger partial charge in [-0.25, -0.2) is 0 Å². The van der Waals surface area contributed by atoms with Crippen LogP contribution in [-0.4, -0.2) is 10.2 Å². The second-order valence-corrected chi connectivity index (χ2v) is 11.9. The Morgan fingerprint density at radius 1 is 0.588 bits per heavy atom. The van der Waals surface area contributed by atoms with Gasteiger partial charge in [0.2, 0.25) is 0 Å². The summed E-state index contributed by atoms with van der Waals surface area (Å²) in [5, 5.41) is 25.9. The van der Waals surface area contributed by atoms with Crippen LogP contribution >= 0.6 is 7.92 Å². The zero-order valence-electron chi connectivity index (χ0n) is 22.0. The summed E-state index contributed by atoms with van der Waals surface area (Å²) >= 11 is 0. The molecule has 0 aromatic heterocycles. The van der Waals surface area contributed by atoms with Gasteiger partial charge in [0.25, 0.3) is 0 Å². The van der Waals surface area contributed by atoms with Crippen LogP contribution in [0, 0.1) is 34.6 Å². The molecule has 3 aromatic rings. The maximum atomic E-state index is 11.4. The molecule has 0 unspecified atom stereocenters. The van der Waals surface area contributed by atoms with E-state index >= 15 is 0 Å². The van der Waals surface area contributed by atoms with Gasteiger partial charge in [-0.3, -0.25) is 0 Å². The van der Waals surface area contributed by atoms with Crippen LogP contribution in [-0.2, 0) is 12.8 Å². The first kappa shape index (κ1) is 26.3. The lowest BCUT2D eigenvalue weighted by molar-refractivity contribution is 0.474. The van der Waals surface area contributed by atoms with E-state index in [1.165, 1.54) is 33.1 Å². The molecular formula is C31H41O2P. The monoisotopic (exact) mass is 476 g/mol. The van der Waals surface area contributed by atoms with Crippen molar-refractivity contribution in [1.82, 2.24) is 0 Å². The van der Waals surface area contributed by atoms with Gasteiger partial charge >= 0.3 is 0 Å². The average molecular weight is 477 g/mol. The number of phenols is 2. The summed E-state index contributed by atoms with van der Waals surface area (Å²) in [6.45, 7) is 14.9. The first-order chi connectivity index (χ1) is 16.2. The summed E-state index contributed by atoms with van der Waals surface area (Å²) in [5.41, 5.74) is 8.03. The first-order valence-corrected chi connectivity index (χ1v) is 14.0. The number of aryl methyl sites for hydroxylation is 7. The molecule has 34 heavy (non-hydrogen) atoms. The third kappa shape index (κ3) is 5.66. The smallest absolute Gasteiger partial charge is 0.126 e. The molecule has 0 bridgehead atoms. The van der Waals surface area contributed by atoms with Crippen molar-refractivity contribution in [2.45, 2.75) is 87.0 Å². The van der Waals surface area contributed by atoms with Gasteiger partial charge < -0.3 is 10.2 Å². The van der Waals surface area contributed by atoms with E-state index in [4.69, 9.17) is 0 Å². The number of benzene rings is 3. The predicted molar refractivity (Wildman–Crippen MR) is 149 cm³/mol. The molecule has 0 spiro atoms. The van der Waals surface area contributed by atoms with Gasteiger partial charge in [-0.2, -0.15) is 0 Å². The second kappa shape index (κ2) is 11.4. The molecule has 0 fully saturated rings. The minimum absolute atomic E-state index is 0.363. The van der Waals surface area contributed by atoms with E-state index in [9.17, 15) is 10.2 Å². The lowest BCUT2D eigenvalue weighted by Crippen LogP contribution is -2.26. The Kier molecular flexibility index (Phi) is 8.83. The van der Waals surface area contributed by atoms with E-state index in [-0.39, 0.29) is 0 Å². The quantitative estimate of drug-likeness (QED) is 0.324. The van der Waals surface area contributed by atoms with Crippen LogP contribution in [0.2, 0.25) is 0 Å². The highest BCUT2D eigenvalue weighted by Crippen LogP contribution is 2.43. The van der Waals surface area contributed by atoms with Gasteiger partial charge in [0, 0.05) is 10.6 Å². The molecule has 0 saturated heterocycles. The van der Waals surface area contributed by atoms with Crippen LogP contribution in [0.4, 0.5) is 0 Å². The molecule has 0 saturated carbocycles. The molecule has 0 amide bonds. The third-order valence-electron chi connectivity index (χ3n) is 6.66. The Balaban J connectivity index is 2.35. The van der Waals surface area contributed by atoms with E-state index in [1.807, 2.05) is 13.8 Å². The Morgan fingerprint density at radius 3 is 1.38 bits per heavy atom. The highest BCUT2D eigenvalue weighted by Gasteiger charge is 2.28. The Morgan fingerprint density at radius 2 is 1.00 bits per heavy atom. The van der Waals surface area contributed by atoms with Crippen molar-refractivity contribution in [3.05, 3.63) is 75.3 Å². The lowest BCUT2D eigenvalue weighted by atomic mass is 10.1. The largest absolute Gasteiger partial charge is 0.507 e. The average Bonchev–Trinajstić information content (AvgIpc) is 2.78. The number of aromatic hydroxyl groups is 2. The van der Waals surface area contributed by atoms with Crippen molar-refractivity contribution in [2.75, 3.05) is 0 Å². The first-order valence-electron chi connectivity index (χ1n) is 12.7. The summed E-state index contributed by atoms with van der Waals surface area (Å²) in [5.74, 6) is 0.725. The predicted octanol–water partition coefficient (Wildman–Crippen LogP) is 7.08. The SMILES string of the molecule is CCCCc1cc(C)c(O)c(P(c2cc(CCCC)cc(C)c2O)c2c(C)cc(C)cc2C)c1. The molecule has 2 nitrogen and oxygen atoms in total. The van der Waals surface area contributed by atoms with E-state index in [0.717, 1.165) is 60.3 Å². The van der Waals surface area contributed by atoms with E-state index in [0.29, 0.717) is 11.5 Å². The minimum atomic E-state index is -1.14. The fraction of sp³-hybridized carbons (Fsp3) is 0.419. The summed E-state index contributed by atoms with van der Waals surface area (Å²) in [6.07, 6.45) is 6.53. The number of unbranched alkanes of at least 4 members (excludes halogenated alkanes) is 2. The summed E-state index contributed by atoms with van der Waals surface area (Å²) in [4.78, 5) is 0. The molecule has 0 aliphatic carbocycles. The molecule has 3 heteroatoms. The molecule has 0 atom stereocenters. The van der Waals surface area contributed by atoms with Gasteiger partial charge in [0.15, 0.2) is 0 Å². The summed E-state index contributed by atoms with van der Waals surface area (Å²) in [7, 11) is -1.14. The fourth-order valence-electron chi connectivity index (χ4n) is 4.96. The molecule has 182 valence electrons.